The Morgan fingerprint density at radius 2 is 2.00 bits per heavy atom. The van der Waals surface area contributed by atoms with Crippen LogP contribution in [0.2, 0.25) is 0 Å². The van der Waals surface area contributed by atoms with Crippen LogP contribution in [0, 0.1) is 5.92 Å². The molecule has 0 spiro atoms. The normalized spacial score (nSPS) is 19.6. The molecule has 2 nitrogen and oxygen atoms in total. The third-order valence-electron chi connectivity index (χ3n) is 1.89. The lowest BCUT2D eigenvalue weighted by atomic mass is 9.96. The summed E-state index contributed by atoms with van der Waals surface area (Å²) in [6, 6.07) is 0. The van der Waals surface area contributed by atoms with Crippen molar-refractivity contribution in [2.24, 2.45) is 5.92 Å². The Balaban J connectivity index is 0.000000810. The second kappa shape index (κ2) is 5.69. The lowest BCUT2D eigenvalue weighted by molar-refractivity contribution is -0.108. The maximum Gasteiger partial charge on any atom is 0.120 e. The number of carbonyl (C=O) groups is 1. The van der Waals surface area contributed by atoms with E-state index < -0.39 is 0 Å². The Hall–Kier alpha value is -0.0800. The molecule has 3 heteroatoms. The molecule has 1 aliphatic rings. The fraction of sp³-hybridized carbons (Fsp3) is 0.857. The fourth-order valence-electron chi connectivity index (χ4n) is 1.25. The van der Waals surface area contributed by atoms with Crippen molar-refractivity contribution in [3.63, 3.8) is 0 Å². The predicted molar refractivity (Wildman–Crippen MR) is 43.5 cm³/mol. The zero-order valence-corrected chi connectivity index (χ0v) is 6.82. The van der Waals surface area contributed by atoms with Crippen LogP contribution in [-0.4, -0.2) is 19.4 Å². The molecule has 1 aliphatic heterocycles. The van der Waals surface area contributed by atoms with Crippen molar-refractivity contribution in [2.75, 3.05) is 13.1 Å². The smallest absolute Gasteiger partial charge is 0.120 e. The summed E-state index contributed by atoms with van der Waals surface area (Å²) in [6.45, 7) is 2.19. The van der Waals surface area contributed by atoms with Crippen LogP contribution in [0.4, 0.5) is 0 Å². The van der Waals surface area contributed by atoms with Crippen LogP contribution in [0.3, 0.4) is 0 Å². The van der Waals surface area contributed by atoms with E-state index in [0.29, 0.717) is 5.92 Å². The first-order chi connectivity index (χ1) is 4.43. The third kappa shape index (κ3) is 3.18. The Bertz CT molecular complexity index is 91.6. The van der Waals surface area contributed by atoms with E-state index in [0.717, 1.165) is 25.8 Å². The van der Waals surface area contributed by atoms with Crippen LogP contribution in [0.25, 0.3) is 0 Å². The third-order valence-corrected chi connectivity index (χ3v) is 1.89. The molecule has 0 atom stereocenters. The predicted octanol–water partition coefficient (Wildman–Crippen LogP) is 0.997. The standard InChI is InChI=1S/C7H13NO.ClH/c9-6-3-7-1-4-8-5-2-7;/h6-8H,1-5H2;1H. The number of rotatable bonds is 2. The minimum atomic E-state index is 0. The molecule has 0 bridgehead atoms. The van der Waals surface area contributed by atoms with Gasteiger partial charge in [0.05, 0.1) is 0 Å². The van der Waals surface area contributed by atoms with Crippen LogP contribution in [0.5, 0.6) is 0 Å². The van der Waals surface area contributed by atoms with Gasteiger partial charge in [-0.2, -0.15) is 0 Å². The number of piperidine rings is 1. The van der Waals surface area contributed by atoms with Gasteiger partial charge >= 0.3 is 0 Å². The average molecular weight is 164 g/mol. The zero-order valence-electron chi connectivity index (χ0n) is 6.01. The largest absolute Gasteiger partial charge is 0.317 e. The molecule has 0 aromatic carbocycles. The second-order valence-corrected chi connectivity index (χ2v) is 2.60. The van der Waals surface area contributed by atoms with Gasteiger partial charge in [-0.25, -0.2) is 0 Å². The van der Waals surface area contributed by atoms with Crippen LogP contribution in [0.15, 0.2) is 0 Å². The van der Waals surface area contributed by atoms with E-state index in [4.69, 9.17) is 0 Å². The van der Waals surface area contributed by atoms with Crippen molar-refractivity contribution in [3.05, 3.63) is 0 Å². The first-order valence-electron chi connectivity index (χ1n) is 3.58. The van der Waals surface area contributed by atoms with E-state index in [-0.39, 0.29) is 12.4 Å². The van der Waals surface area contributed by atoms with Gasteiger partial charge in [-0.05, 0) is 31.8 Å². The van der Waals surface area contributed by atoms with Crippen molar-refractivity contribution in [2.45, 2.75) is 19.3 Å². The summed E-state index contributed by atoms with van der Waals surface area (Å²) in [6.07, 6.45) is 4.16. The van der Waals surface area contributed by atoms with Gasteiger partial charge in [-0.3, -0.25) is 0 Å². The number of hydrogen-bond acceptors (Lipinski definition) is 2. The summed E-state index contributed by atoms with van der Waals surface area (Å²) >= 11 is 0. The maximum atomic E-state index is 10.1. The molecule has 0 aliphatic carbocycles. The molecule has 0 amide bonds. The van der Waals surface area contributed by atoms with Crippen LogP contribution in [-0.2, 0) is 4.79 Å². The lowest BCUT2D eigenvalue weighted by Crippen LogP contribution is -2.27. The van der Waals surface area contributed by atoms with Crippen molar-refractivity contribution in [1.29, 1.82) is 0 Å². The molecule has 60 valence electrons. The van der Waals surface area contributed by atoms with Crippen molar-refractivity contribution < 1.29 is 4.79 Å². The minimum Gasteiger partial charge on any atom is -0.317 e. The van der Waals surface area contributed by atoms with E-state index in [9.17, 15) is 4.79 Å². The molecule has 10 heavy (non-hydrogen) atoms. The average Bonchev–Trinajstić information content (AvgIpc) is 1.91. The molecule has 1 saturated heterocycles. The van der Waals surface area contributed by atoms with Gasteiger partial charge in [0.25, 0.3) is 0 Å². The van der Waals surface area contributed by atoms with Crippen molar-refractivity contribution in [1.82, 2.24) is 5.32 Å². The Morgan fingerprint density at radius 3 is 2.50 bits per heavy atom. The lowest BCUT2D eigenvalue weighted by Gasteiger charge is -2.19. The van der Waals surface area contributed by atoms with Crippen LogP contribution in [0.1, 0.15) is 19.3 Å². The molecule has 0 radical (unpaired) electrons. The summed E-state index contributed by atoms with van der Waals surface area (Å²) in [4.78, 5) is 10.1. The quantitative estimate of drug-likeness (QED) is 0.616. The zero-order chi connectivity index (χ0) is 6.53. The Labute approximate surface area is 67.8 Å². The Kier molecular flexibility index (Phi) is 5.64. The molecule has 0 saturated carbocycles. The van der Waals surface area contributed by atoms with E-state index in [1.165, 1.54) is 12.8 Å². The van der Waals surface area contributed by atoms with Gasteiger partial charge in [-0.1, -0.05) is 0 Å². The molecular weight excluding hydrogens is 150 g/mol. The molecule has 0 unspecified atom stereocenters. The van der Waals surface area contributed by atoms with E-state index in [1.54, 1.807) is 0 Å². The van der Waals surface area contributed by atoms with E-state index in [1.807, 2.05) is 0 Å². The number of hydrogen-bond donors (Lipinski definition) is 1. The number of halogens is 1. The minimum absolute atomic E-state index is 0. The number of carbonyl (C=O) groups excluding carboxylic acids is 1. The van der Waals surface area contributed by atoms with Crippen LogP contribution < -0.4 is 5.32 Å². The second-order valence-electron chi connectivity index (χ2n) is 2.60. The van der Waals surface area contributed by atoms with E-state index >= 15 is 0 Å². The molecule has 0 aromatic heterocycles. The number of aldehydes is 1. The van der Waals surface area contributed by atoms with Gasteiger partial charge < -0.3 is 10.1 Å². The molecule has 1 N–H and O–H groups in total. The Morgan fingerprint density at radius 1 is 1.40 bits per heavy atom. The molecular formula is C7H14ClNO. The van der Waals surface area contributed by atoms with Gasteiger partial charge in [0.1, 0.15) is 6.29 Å². The summed E-state index contributed by atoms with van der Waals surface area (Å²) in [5.74, 6) is 0.670. The highest BCUT2D eigenvalue weighted by Gasteiger charge is 2.10. The van der Waals surface area contributed by atoms with Gasteiger partial charge in [0.2, 0.25) is 0 Å². The van der Waals surface area contributed by atoms with Gasteiger partial charge in [0.15, 0.2) is 0 Å². The molecule has 1 heterocycles. The highest BCUT2D eigenvalue weighted by atomic mass is 35.5. The molecule has 1 fully saturated rings. The van der Waals surface area contributed by atoms with Crippen LogP contribution >= 0.6 is 12.4 Å². The molecule has 0 aromatic rings. The SMILES string of the molecule is Cl.O=CCC1CCNCC1. The number of nitrogens with one attached hydrogen (secondary N) is 1. The van der Waals surface area contributed by atoms with Crippen molar-refractivity contribution in [3.8, 4) is 0 Å². The van der Waals surface area contributed by atoms with E-state index in [2.05, 4.69) is 5.32 Å². The summed E-state index contributed by atoms with van der Waals surface area (Å²) in [5.41, 5.74) is 0. The maximum absolute atomic E-state index is 10.1. The summed E-state index contributed by atoms with van der Waals surface area (Å²) < 4.78 is 0. The summed E-state index contributed by atoms with van der Waals surface area (Å²) in [5, 5.41) is 3.26. The highest BCUT2D eigenvalue weighted by Crippen LogP contribution is 2.13. The van der Waals surface area contributed by atoms with Gasteiger partial charge in [0, 0.05) is 6.42 Å². The summed E-state index contributed by atoms with van der Waals surface area (Å²) in [7, 11) is 0. The first-order valence-corrected chi connectivity index (χ1v) is 3.58. The van der Waals surface area contributed by atoms with Crippen molar-refractivity contribution >= 4 is 18.7 Å². The highest BCUT2D eigenvalue weighted by molar-refractivity contribution is 5.85. The first kappa shape index (κ1) is 9.92. The topological polar surface area (TPSA) is 29.1 Å². The fourth-order valence-corrected chi connectivity index (χ4v) is 1.25. The van der Waals surface area contributed by atoms with Gasteiger partial charge in [-0.15, -0.1) is 12.4 Å². The molecule has 1 rings (SSSR count). The monoisotopic (exact) mass is 163 g/mol.